The van der Waals surface area contributed by atoms with Crippen LogP contribution in [0.2, 0.25) is 0 Å². The van der Waals surface area contributed by atoms with Crippen molar-refractivity contribution in [2.24, 2.45) is 0 Å². The van der Waals surface area contributed by atoms with Crippen molar-refractivity contribution < 1.29 is 26.0 Å². The number of rotatable bonds is 4. The molecule has 2 rings (SSSR count). The van der Waals surface area contributed by atoms with Gasteiger partial charge in [0.2, 0.25) is 0 Å². The Balaban J connectivity index is 2.30. The van der Waals surface area contributed by atoms with Gasteiger partial charge in [-0.25, -0.2) is 8.42 Å². The summed E-state index contributed by atoms with van der Waals surface area (Å²) in [5, 5.41) is 2.65. The van der Waals surface area contributed by atoms with Crippen molar-refractivity contribution >= 4 is 15.5 Å². The molecule has 21 heavy (non-hydrogen) atoms. The van der Waals surface area contributed by atoms with Gasteiger partial charge in [-0.3, -0.25) is 0 Å². The molecular weight excluding hydrogens is 307 g/mol. The van der Waals surface area contributed by atoms with Gasteiger partial charge in [0.05, 0.1) is 17.1 Å². The van der Waals surface area contributed by atoms with Gasteiger partial charge < -0.3 is 9.73 Å². The maximum Gasteiger partial charge on any atom is 0.501 e. The molecule has 1 aromatic heterocycles. The van der Waals surface area contributed by atoms with Crippen molar-refractivity contribution in [3.8, 4) is 0 Å². The molecule has 1 N–H and O–H groups in total. The van der Waals surface area contributed by atoms with Crippen LogP contribution in [0.5, 0.6) is 0 Å². The van der Waals surface area contributed by atoms with Gasteiger partial charge in [0.1, 0.15) is 11.5 Å². The lowest BCUT2D eigenvalue weighted by Crippen LogP contribution is -2.24. The smallest absolute Gasteiger partial charge is 0.465 e. The van der Waals surface area contributed by atoms with E-state index in [4.69, 9.17) is 4.42 Å². The summed E-state index contributed by atoms with van der Waals surface area (Å²) in [6.07, 6.45) is 0. The number of anilines is 1. The standard InChI is InChI=1S/C13H12F3NO3S/c1-9-6-7-10(20-9)8-17-11-4-2-3-5-12(11)21(18,19)13(14,15)16/h2-7,17H,8H2,1H3. The van der Waals surface area contributed by atoms with Crippen molar-refractivity contribution in [2.45, 2.75) is 23.9 Å². The van der Waals surface area contributed by atoms with Crippen LogP contribution in [0, 0.1) is 6.92 Å². The molecule has 0 unspecified atom stereocenters. The number of hydrogen-bond donors (Lipinski definition) is 1. The number of aryl methyl sites for hydroxylation is 1. The minimum absolute atomic E-state index is 0.0816. The monoisotopic (exact) mass is 319 g/mol. The number of hydrogen-bond acceptors (Lipinski definition) is 4. The van der Waals surface area contributed by atoms with Gasteiger partial charge in [0.25, 0.3) is 9.84 Å². The highest BCUT2D eigenvalue weighted by Gasteiger charge is 2.47. The first kappa shape index (κ1) is 15.4. The largest absolute Gasteiger partial charge is 0.501 e. The van der Waals surface area contributed by atoms with Gasteiger partial charge in [-0.2, -0.15) is 13.2 Å². The lowest BCUT2D eigenvalue weighted by Gasteiger charge is -2.13. The Morgan fingerprint density at radius 2 is 1.81 bits per heavy atom. The van der Waals surface area contributed by atoms with Crippen LogP contribution >= 0.6 is 0 Å². The summed E-state index contributed by atoms with van der Waals surface area (Å²) in [7, 11) is -5.40. The molecule has 4 nitrogen and oxygen atoms in total. The number of para-hydroxylation sites is 1. The van der Waals surface area contributed by atoms with E-state index in [9.17, 15) is 21.6 Å². The quantitative estimate of drug-likeness (QED) is 0.937. The second-order valence-corrected chi connectivity index (χ2v) is 6.22. The second-order valence-electron chi connectivity index (χ2n) is 4.31. The van der Waals surface area contributed by atoms with Gasteiger partial charge in [-0.1, -0.05) is 12.1 Å². The first-order valence-electron chi connectivity index (χ1n) is 5.91. The van der Waals surface area contributed by atoms with Gasteiger partial charge in [-0.15, -0.1) is 0 Å². The molecule has 0 saturated carbocycles. The van der Waals surface area contributed by atoms with Crippen molar-refractivity contribution in [1.29, 1.82) is 0 Å². The number of benzene rings is 1. The fraction of sp³-hybridized carbons (Fsp3) is 0.231. The van der Waals surface area contributed by atoms with E-state index in [0.29, 0.717) is 11.5 Å². The zero-order chi connectivity index (χ0) is 15.7. The van der Waals surface area contributed by atoms with Gasteiger partial charge in [0.15, 0.2) is 0 Å². The van der Waals surface area contributed by atoms with Crippen molar-refractivity contribution in [1.82, 2.24) is 0 Å². The zero-order valence-electron chi connectivity index (χ0n) is 10.9. The summed E-state index contributed by atoms with van der Waals surface area (Å²) in [6.45, 7) is 1.81. The molecule has 2 aromatic rings. The molecule has 114 valence electrons. The van der Waals surface area contributed by atoms with E-state index in [1.165, 1.54) is 18.2 Å². The van der Waals surface area contributed by atoms with Crippen LogP contribution in [0.15, 0.2) is 45.7 Å². The molecule has 0 amide bonds. The summed E-state index contributed by atoms with van der Waals surface area (Å²) < 4.78 is 66.2. The number of halogens is 3. The van der Waals surface area contributed by atoms with E-state index >= 15 is 0 Å². The van der Waals surface area contributed by atoms with Crippen LogP contribution in [-0.4, -0.2) is 13.9 Å². The normalized spacial score (nSPS) is 12.4. The third-order valence-electron chi connectivity index (χ3n) is 2.73. The molecule has 0 radical (unpaired) electrons. The fourth-order valence-electron chi connectivity index (χ4n) is 1.73. The Morgan fingerprint density at radius 3 is 2.38 bits per heavy atom. The van der Waals surface area contributed by atoms with Gasteiger partial charge in [-0.05, 0) is 31.2 Å². The summed E-state index contributed by atoms with van der Waals surface area (Å²) in [5.41, 5.74) is -5.46. The highest BCUT2D eigenvalue weighted by molar-refractivity contribution is 7.92. The number of sulfone groups is 1. The predicted molar refractivity (Wildman–Crippen MR) is 70.5 cm³/mol. The molecule has 0 aliphatic rings. The van der Waals surface area contributed by atoms with Crippen LogP contribution in [0.4, 0.5) is 18.9 Å². The Hall–Kier alpha value is -1.96. The number of nitrogens with one attached hydrogen (secondary N) is 1. The van der Waals surface area contributed by atoms with E-state index in [-0.39, 0.29) is 12.2 Å². The molecule has 0 fully saturated rings. The minimum atomic E-state index is -5.40. The van der Waals surface area contributed by atoms with Crippen LogP contribution in [-0.2, 0) is 16.4 Å². The maximum absolute atomic E-state index is 12.6. The maximum atomic E-state index is 12.6. The second kappa shape index (κ2) is 5.44. The molecule has 0 aliphatic heterocycles. The molecular formula is C13H12F3NO3S. The van der Waals surface area contributed by atoms with E-state index < -0.39 is 20.2 Å². The van der Waals surface area contributed by atoms with Gasteiger partial charge >= 0.3 is 5.51 Å². The number of furan rings is 1. The van der Waals surface area contributed by atoms with Crippen LogP contribution in [0.25, 0.3) is 0 Å². The average molecular weight is 319 g/mol. The van der Waals surface area contributed by atoms with Crippen LogP contribution in [0.1, 0.15) is 11.5 Å². The predicted octanol–water partition coefficient (Wildman–Crippen LogP) is 3.49. The minimum Gasteiger partial charge on any atom is -0.465 e. The summed E-state index contributed by atoms with van der Waals surface area (Å²) in [4.78, 5) is -0.805. The molecule has 1 heterocycles. The van der Waals surface area contributed by atoms with E-state index in [1.807, 2.05) is 0 Å². The Kier molecular flexibility index (Phi) is 3.99. The highest BCUT2D eigenvalue weighted by atomic mass is 32.2. The SMILES string of the molecule is Cc1ccc(CNc2ccccc2S(=O)(=O)C(F)(F)F)o1. The first-order valence-corrected chi connectivity index (χ1v) is 7.40. The lowest BCUT2D eigenvalue weighted by molar-refractivity contribution is -0.0435. The van der Waals surface area contributed by atoms with Crippen LogP contribution < -0.4 is 5.32 Å². The molecule has 0 atom stereocenters. The Labute approximate surface area is 119 Å². The summed E-state index contributed by atoms with van der Waals surface area (Å²) in [6, 6.07) is 8.23. The Morgan fingerprint density at radius 1 is 1.14 bits per heavy atom. The molecule has 0 saturated heterocycles. The average Bonchev–Trinajstić information content (AvgIpc) is 2.81. The molecule has 8 heteroatoms. The Bertz CT molecular complexity index is 735. The van der Waals surface area contributed by atoms with Gasteiger partial charge in [0, 0.05) is 0 Å². The van der Waals surface area contributed by atoms with E-state index in [0.717, 1.165) is 6.07 Å². The first-order chi connectivity index (χ1) is 9.72. The van der Waals surface area contributed by atoms with E-state index in [1.54, 1.807) is 19.1 Å². The number of alkyl halides is 3. The third-order valence-corrected chi connectivity index (χ3v) is 4.27. The van der Waals surface area contributed by atoms with Crippen molar-refractivity contribution in [3.63, 3.8) is 0 Å². The van der Waals surface area contributed by atoms with Crippen molar-refractivity contribution in [3.05, 3.63) is 47.9 Å². The zero-order valence-corrected chi connectivity index (χ0v) is 11.8. The molecule has 0 bridgehead atoms. The molecule has 0 spiro atoms. The summed E-state index contributed by atoms with van der Waals surface area (Å²) in [5.74, 6) is 1.15. The van der Waals surface area contributed by atoms with E-state index in [2.05, 4.69) is 5.32 Å². The lowest BCUT2D eigenvalue weighted by atomic mass is 10.3. The van der Waals surface area contributed by atoms with Crippen molar-refractivity contribution in [2.75, 3.05) is 5.32 Å². The fourth-order valence-corrected chi connectivity index (χ4v) is 2.67. The third kappa shape index (κ3) is 3.21. The summed E-state index contributed by atoms with van der Waals surface area (Å²) >= 11 is 0. The topological polar surface area (TPSA) is 59.3 Å². The van der Waals surface area contributed by atoms with Crippen LogP contribution in [0.3, 0.4) is 0 Å². The molecule has 0 aliphatic carbocycles. The molecule has 1 aromatic carbocycles. The highest BCUT2D eigenvalue weighted by Crippen LogP contribution is 2.34.